The molecular weight excluding hydrogens is 494 g/mol. The van der Waals surface area contributed by atoms with Crippen LogP contribution in [0.15, 0.2) is 54.3 Å². The van der Waals surface area contributed by atoms with Crippen LogP contribution in [0.4, 0.5) is 9.18 Å². The van der Waals surface area contributed by atoms with Gasteiger partial charge >= 0.3 is 5.65 Å². The molecule has 3 rings (SSSR count). The number of aliphatic hydroxyl groups is 1. The van der Waals surface area contributed by atoms with Gasteiger partial charge in [0, 0.05) is 43.6 Å². The van der Waals surface area contributed by atoms with Gasteiger partial charge < -0.3 is 26.2 Å². The quantitative estimate of drug-likeness (QED) is 0.211. The highest BCUT2D eigenvalue weighted by Crippen LogP contribution is 2.76. The Kier molecular flexibility index (Phi) is 8.55. The van der Waals surface area contributed by atoms with E-state index >= 15 is 0 Å². The number of nitriles is 1. The van der Waals surface area contributed by atoms with E-state index in [1.54, 1.807) is 12.2 Å². The van der Waals surface area contributed by atoms with Crippen molar-refractivity contribution in [2.75, 3.05) is 25.5 Å². The lowest BCUT2D eigenvalue weighted by Crippen LogP contribution is -2.50. The molecule has 2 heterocycles. The summed E-state index contributed by atoms with van der Waals surface area (Å²) in [5.74, 6) is -1.67. The summed E-state index contributed by atoms with van der Waals surface area (Å²) in [4.78, 5) is 25.7. The van der Waals surface area contributed by atoms with Gasteiger partial charge in [-0.3, -0.25) is 4.79 Å². The second-order valence-corrected chi connectivity index (χ2v) is 13.0. The topological polar surface area (TPSA) is 137 Å². The second kappa shape index (κ2) is 11.2. The van der Waals surface area contributed by atoms with Crippen molar-refractivity contribution in [2.45, 2.75) is 30.6 Å². The molecule has 0 spiro atoms. The minimum atomic E-state index is -2.42. The number of nitrogens with zero attached hydrogens (tertiary/aromatic N) is 1. The molecule has 0 radical (unpaired) electrons. The van der Waals surface area contributed by atoms with Crippen LogP contribution in [0.5, 0.6) is 5.75 Å². The first-order valence-corrected chi connectivity index (χ1v) is 13.6. The predicted molar refractivity (Wildman–Crippen MR) is 134 cm³/mol. The summed E-state index contributed by atoms with van der Waals surface area (Å²) in [5, 5.41) is 25.3. The summed E-state index contributed by atoms with van der Waals surface area (Å²) >= 11 is 5.65. The van der Waals surface area contributed by atoms with E-state index < -0.39 is 30.4 Å². The van der Waals surface area contributed by atoms with Gasteiger partial charge in [0.2, 0.25) is 0 Å². The van der Waals surface area contributed by atoms with Crippen molar-refractivity contribution in [3.63, 3.8) is 0 Å². The van der Waals surface area contributed by atoms with Crippen LogP contribution in [0.25, 0.3) is 0 Å². The molecule has 2 bridgehead atoms. The number of fused-ring (bicyclic) bond motifs is 2. The van der Waals surface area contributed by atoms with Crippen LogP contribution < -0.4 is 21.1 Å². The Balaban J connectivity index is 1.56. The molecule has 3 atom stereocenters. The number of rotatable bonds is 10. The maximum Gasteiger partial charge on any atom is 0.362 e. The van der Waals surface area contributed by atoms with Gasteiger partial charge in [0.25, 0.3) is 5.91 Å². The van der Waals surface area contributed by atoms with E-state index in [0.717, 1.165) is 11.6 Å². The molecule has 2 saturated heterocycles. The minimum absolute atomic E-state index is 0.0409. The summed E-state index contributed by atoms with van der Waals surface area (Å²) in [6.45, 7) is 3.64. The van der Waals surface area contributed by atoms with E-state index in [1.807, 2.05) is 6.07 Å². The monoisotopic (exact) mass is 521 g/mol. The van der Waals surface area contributed by atoms with Gasteiger partial charge in [-0.1, -0.05) is 30.3 Å². The van der Waals surface area contributed by atoms with E-state index in [0.29, 0.717) is 37.3 Å². The molecular formula is C24H28ClFN4O4P+. The summed E-state index contributed by atoms with van der Waals surface area (Å²) in [6, 6.07) is 5.77. The SMILES string of the molecule is C=C/C(=C\C/C(N)=C\C#N)CNC(=O)[P+]12CCC(NC(=O)COc3ccc(Cl)c(F)c3)(CC1O)C2. The number of benzene rings is 1. The van der Waals surface area contributed by atoms with Gasteiger partial charge in [0.05, 0.1) is 29.0 Å². The lowest BCUT2D eigenvalue weighted by molar-refractivity contribution is -0.125. The van der Waals surface area contributed by atoms with E-state index in [2.05, 4.69) is 17.2 Å². The number of allylic oxidation sites excluding steroid dienone is 2. The fourth-order valence-electron chi connectivity index (χ4n) is 4.52. The fraction of sp³-hybridized carbons (Fsp3) is 0.375. The molecule has 2 fully saturated rings. The number of amides is 2. The normalized spacial score (nSPS) is 25.6. The first-order chi connectivity index (χ1) is 16.6. The standard InChI is InChI=1S/C24H27ClFN4O4P/c1-2-16(3-4-17(28)7-9-27)13-29-23(33)35-10-8-24(15-35,12-22(35)32)30-21(31)14-34-18-5-6-19(25)20(26)11-18/h2-3,5-7,11,22,32H,1,4,8,10,12-15,28H2,(H-,29,30,31,33)/p+1/b16-3+,17-7+. The van der Waals surface area contributed by atoms with Gasteiger partial charge in [-0.2, -0.15) is 5.26 Å². The largest absolute Gasteiger partial charge is 0.484 e. The summed E-state index contributed by atoms with van der Waals surface area (Å²) in [6.07, 6.45) is 6.83. The predicted octanol–water partition coefficient (Wildman–Crippen LogP) is 3.43. The minimum Gasteiger partial charge on any atom is -0.484 e. The first-order valence-electron chi connectivity index (χ1n) is 11.0. The molecule has 0 aromatic heterocycles. The lowest BCUT2D eigenvalue weighted by Gasteiger charge is -2.26. The Hall–Kier alpha value is -2.92. The lowest BCUT2D eigenvalue weighted by atomic mass is 9.95. The number of carbonyl (C=O) groups is 2. The highest BCUT2D eigenvalue weighted by molar-refractivity contribution is 7.91. The van der Waals surface area contributed by atoms with E-state index in [-0.39, 0.29) is 29.6 Å². The molecule has 186 valence electrons. The average molecular weight is 522 g/mol. The van der Waals surface area contributed by atoms with Crippen LogP contribution in [-0.4, -0.2) is 53.5 Å². The van der Waals surface area contributed by atoms with Gasteiger partial charge in [-0.25, -0.2) is 9.18 Å². The number of hydrogen-bond acceptors (Lipinski definition) is 6. The Morgan fingerprint density at radius 1 is 1.49 bits per heavy atom. The highest BCUT2D eigenvalue weighted by Gasteiger charge is 2.70. The van der Waals surface area contributed by atoms with Crippen molar-refractivity contribution in [1.82, 2.24) is 10.6 Å². The number of aliphatic hydroxyl groups excluding tert-OH is 1. The smallest absolute Gasteiger partial charge is 0.362 e. The van der Waals surface area contributed by atoms with Crippen LogP contribution in [0.2, 0.25) is 5.02 Å². The van der Waals surface area contributed by atoms with Crippen molar-refractivity contribution in [2.24, 2.45) is 5.73 Å². The highest BCUT2D eigenvalue weighted by atomic mass is 35.5. The van der Waals surface area contributed by atoms with Gasteiger partial charge in [0.15, 0.2) is 12.5 Å². The zero-order valence-electron chi connectivity index (χ0n) is 19.1. The molecule has 1 aromatic rings. The van der Waals surface area contributed by atoms with Crippen LogP contribution in [0.1, 0.15) is 19.3 Å². The van der Waals surface area contributed by atoms with Crippen LogP contribution in [-0.2, 0) is 4.79 Å². The van der Waals surface area contributed by atoms with Gasteiger partial charge in [0.1, 0.15) is 18.8 Å². The van der Waals surface area contributed by atoms with Crippen molar-refractivity contribution in [3.8, 4) is 11.8 Å². The Labute approximate surface area is 209 Å². The van der Waals surface area contributed by atoms with Crippen molar-refractivity contribution in [3.05, 3.63) is 65.1 Å². The van der Waals surface area contributed by atoms with Gasteiger partial charge in [-0.05, 0) is 17.7 Å². The molecule has 5 N–H and O–H groups in total. The molecule has 2 aliphatic rings. The van der Waals surface area contributed by atoms with Crippen molar-refractivity contribution in [1.29, 1.82) is 5.26 Å². The number of carbonyl (C=O) groups excluding carboxylic acids is 2. The Bertz CT molecular complexity index is 1120. The van der Waals surface area contributed by atoms with Crippen LogP contribution >= 0.6 is 18.9 Å². The molecule has 2 amide bonds. The molecule has 0 saturated carbocycles. The third kappa shape index (κ3) is 6.21. The van der Waals surface area contributed by atoms with E-state index in [4.69, 9.17) is 27.3 Å². The molecule has 0 aliphatic carbocycles. The van der Waals surface area contributed by atoms with Crippen molar-refractivity contribution < 1.29 is 23.8 Å². The van der Waals surface area contributed by atoms with Gasteiger partial charge in [-0.15, -0.1) is 0 Å². The number of nitrogens with two attached hydrogens (primary N) is 1. The maximum atomic E-state index is 13.6. The Morgan fingerprint density at radius 3 is 2.91 bits per heavy atom. The molecule has 1 aromatic carbocycles. The number of ether oxygens (including phenoxy) is 1. The van der Waals surface area contributed by atoms with Crippen LogP contribution in [0.3, 0.4) is 0 Å². The summed E-state index contributed by atoms with van der Waals surface area (Å²) < 4.78 is 18.9. The third-order valence-electron chi connectivity index (χ3n) is 6.34. The molecule has 8 nitrogen and oxygen atoms in total. The van der Waals surface area contributed by atoms with Crippen LogP contribution in [0, 0.1) is 17.1 Å². The first kappa shape index (κ1) is 26.7. The summed E-state index contributed by atoms with van der Waals surface area (Å²) in [5.41, 5.74) is 6.01. The molecule has 2 aliphatic heterocycles. The number of hydrogen-bond donors (Lipinski definition) is 4. The van der Waals surface area contributed by atoms with E-state index in [9.17, 15) is 19.1 Å². The Morgan fingerprint density at radius 2 is 2.26 bits per heavy atom. The average Bonchev–Trinajstić information content (AvgIpc) is 3.33. The van der Waals surface area contributed by atoms with Crippen molar-refractivity contribution >= 4 is 30.4 Å². The second-order valence-electron chi connectivity index (χ2n) is 8.74. The summed E-state index contributed by atoms with van der Waals surface area (Å²) in [7, 11) is -2.42. The molecule has 35 heavy (non-hydrogen) atoms. The zero-order valence-corrected chi connectivity index (χ0v) is 20.7. The third-order valence-corrected chi connectivity index (χ3v) is 11.1. The molecule has 11 heteroatoms. The zero-order chi connectivity index (χ0) is 25.6. The maximum absolute atomic E-state index is 13.6. The fourth-order valence-corrected chi connectivity index (χ4v) is 9.29. The molecule has 3 unspecified atom stereocenters. The van der Waals surface area contributed by atoms with E-state index in [1.165, 1.54) is 18.2 Å². The number of halogens is 2. The number of nitrogens with one attached hydrogen (secondary N) is 2.